The van der Waals surface area contributed by atoms with E-state index in [4.69, 9.17) is 5.73 Å². The van der Waals surface area contributed by atoms with Crippen LogP contribution in [0.2, 0.25) is 0 Å². The predicted octanol–water partition coefficient (Wildman–Crippen LogP) is 1.10. The van der Waals surface area contributed by atoms with Crippen molar-refractivity contribution in [3.63, 3.8) is 0 Å². The van der Waals surface area contributed by atoms with E-state index < -0.39 is 5.91 Å². The molecule has 1 amide bonds. The Morgan fingerprint density at radius 2 is 2.07 bits per heavy atom. The van der Waals surface area contributed by atoms with Gasteiger partial charge in [0, 0.05) is 6.42 Å². The normalized spacial score (nSPS) is 10.1. The summed E-state index contributed by atoms with van der Waals surface area (Å²) in [4.78, 5) is 17.8. The van der Waals surface area contributed by atoms with Crippen molar-refractivity contribution < 1.29 is 4.79 Å². The number of rotatable bonds is 3. The number of nitrogens with zero attached hydrogens (tertiary/aromatic N) is 1. The number of nitrogens with one attached hydrogen (secondary N) is 1. The van der Waals surface area contributed by atoms with Crippen molar-refractivity contribution in [2.24, 2.45) is 5.73 Å². The van der Waals surface area contributed by atoms with Gasteiger partial charge in [-0.3, -0.25) is 4.79 Å². The molecule has 0 bridgehead atoms. The minimum Gasteiger partial charge on any atom is -0.364 e. The summed E-state index contributed by atoms with van der Waals surface area (Å²) in [6, 6.07) is 9.90. The average Bonchev–Trinajstić information content (AvgIpc) is 2.68. The Kier molecular flexibility index (Phi) is 2.49. The van der Waals surface area contributed by atoms with Crippen LogP contribution in [-0.2, 0) is 6.42 Å². The van der Waals surface area contributed by atoms with Gasteiger partial charge in [0.15, 0.2) is 0 Å². The zero-order valence-electron chi connectivity index (χ0n) is 8.10. The molecule has 1 heterocycles. The highest BCUT2D eigenvalue weighted by molar-refractivity contribution is 5.90. The van der Waals surface area contributed by atoms with E-state index in [0.717, 1.165) is 11.4 Å². The smallest absolute Gasteiger partial charge is 0.266 e. The fourth-order valence-electron chi connectivity index (χ4n) is 1.37. The standard InChI is InChI=1S/C11H11N3O/c12-11(15)9-7-13-10(14-9)6-8-4-2-1-3-5-8/h1-5,7H,6H2,(H2,12,15)(H,13,14). The average molecular weight is 201 g/mol. The molecule has 15 heavy (non-hydrogen) atoms. The second kappa shape index (κ2) is 3.96. The number of amides is 1. The Morgan fingerprint density at radius 3 is 2.67 bits per heavy atom. The number of nitrogens with two attached hydrogens (primary N) is 1. The molecule has 0 aliphatic carbocycles. The maximum Gasteiger partial charge on any atom is 0.266 e. The highest BCUT2D eigenvalue weighted by atomic mass is 16.1. The van der Waals surface area contributed by atoms with Gasteiger partial charge in [-0.25, -0.2) is 4.98 Å². The predicted molar refractivity (Wildman–Crippen MR) is 56.4 cm³/mol. The van der Waals surface area contributed by atoms with E-state index in [1.54, 1.807) is 0 Å². The number of H-pyrrole nitrogens is 1. The minimum atomic E-state index is -0.484. The summed E-state index contributed by atoms with van der Waals surface area (Å²) < 4.78 is 0. The molecule has 0 radical (unpaired) electrons. The molecule has 4 heteroatoms. The van der Waals surface area contributed by atoms with Gasteiger partial charge in [-0.15, -0.1) is 0 Å². The summed E-state index contributed by atoms with van der Waals surface area (Å²) in [5.41, 5.74) is 6.60. The number of hydrogen-bond acceptors (Lipinski definition) is 2. The highest BCUT2D eigenvalue weighted by Gasteiger charge is 2.05. The Morgan fingerprint density at radius 1 is 1.33 bits per heavy atom. The lowest BCUT2D eigenvalue weighted by atomic mass is 10.1. The maximum atomic E-state index is 10.8. The Bertz CT molecular complexity index is 462. The summed E-state index contributed by atoms with van der Waals surface area (Å²) in [5, 5.41) is 0. The van der Waals surface area contributed by atoms with Crippen LogP contribution in [0.3, 0.4) is 0 Å². The first kappa shape index (κ1) is 9.45. The van der Waals surface area contributed by atoms with Crippen molar-refractivity contribution in [2.45, 2.75) is 6.42 Å². The molecule has 76 valence electrons. The summed E-state index contributed by atoms with van der Waals surface area (Å²) in [5.74, 6) is 0.261. The van der Waals surface area contributed by atoms with Crippen LogP contribution in [0.25, 0.3) is 0 Å². The molecule has 0 aliphatic rings. The van der Waals surface area contributed by atoms with Crippen LogP contribution in [0.5, 0.6) is 0 Å². The van der Waals surface area contributed by atoms with E-state index in [1.807, 2.05) is 30.3 Å². The van der Waals surface area contributed by atoms with Crippen LogP contribution < -0.4 is 5.73 Å². The van der Waals surface area contributed by atoms with Crippen LogP contribution in [0, 0.1) is 0 Å². The second-order valence-electron chi connectivity index (χ2n) is 3.27. The fraction of sp³-hybridized carbons (Fsp3) is 0.0909. The van der Waals surface area contributed by atoms with Crippen molar-refractivity contribution in [3.8, 4) is 0 Å². The third-order valence-electron chi connectivity index (χ3n) is 2.11. The molecule has 0 saturated heterocycles. The minimum absolute atomic E-state index is 0.348. The van der Waals surface area contributed by atoms with Crippen LogP contribution in [0.1, 0.15) is 21.9 Å². The second-order valence-corrected chi connectivity index (χ2v) is 3.27. The summed E-state index contributed by atoms with van der Waals surface area (Å²) in [7, 11) is 0. The van der Waals surface area contributed by atoms with E-state index in [0.29, 0.717) is 12.1 Å². The van der Waals surface area contributed by atoms with E-state index in [2.05, 4.69) is 9.97 Å². The quantitative estimate of drug-likeness (QED) is 0.780. The molecule has 0 fully saturated rings. The molecule has 1 aromatic carbocycles. The SMILES string of the molecule is NC(=O)c1cnc(Cc2ccccc2)[nH]1. The number of carbonyl (C=O) groups is 1. The monoisotopic (exact) mass is 201 g/mol. The van der Waals surface area contributed by atoms with Gasteiger partial charge in [0.25, 0.3) is 5.91 Å². The highest BCUT2D eigenvalue weighted by Crippen LogP contribution is 2.05. The first-order valence-electron chi connectivity index (χ1n) is 4.63. The Hall–Kier alpha value is -2.10. The topological polar surface area (TPSA) is 71.8 Å². The molecule has 3 N–H and O–H groups in total. The van der Waals surface area contributed by atoms with Gasteiger partial charge in [0.05, 0.1) is 6.20 Å². The van der Waals surface area contributed by atoms with Crippen molar-refractivity contribution >= 4 is 5.91 Å². The number of carbonyl (C=O) groups excluding carboxylic acids is 1. The van der Waals surface area contributed by atoms with Gasteiger partial charge in [-0.2, -0.15) is 0 Å². The molecule has 2 rings (SSSR count). The number of benzene rings is 1. The largest absolute Gasteiger partial charge is 0.364 e. The van der Waals surface area contributed by atoms with Gasteiger partial charge in [0.1, 0.15) is 11.5 Å². The van der Waals surface area contributed by atoms with E-state index in [9.17, 15) is 4.79 Å². The number of imidazole rings is 1. The van der Waals surface area contributed by atoms with Crippen molar-refractivity contribution in [2.75, 3.05) is 0 Å². The van der Waals surface area contributed by atoms with Crippen LogP contribution in [0.4, 0.5) is 0 Å². The fourth-order valence-corrected chi connectivity index (χ4v) is 1.37. The van der Waals surface area contributed by atoms with Gasteiger partial charge < -0.3 is 10.7 Å². The molecule has 1 aromatic heterocycles. The lowest BCUT2D eigenvalue weighted by Crippen LogP contribution is -2.11. The molecule has 2 aromatic rings. The van der Waals surface area contributed by atoms with Gasteiger partial charge in [-0.1, -0.05) is 30.3 Å². The van der Waals surface area contributed by atoms with Gasteiger partial charge >= 0.3 is 0 Å². The zero-order chi connectivity index (χ0) is 10.7. The molecular formula is C11H11N3O. The lowest BCUT2D eigenvalue weighted by molar-refractivity contribution is 0.0996. The Balaban J connectivity index is 2.15. The van der Waals surface area contributed by atoms with Crippen molar-refractivity contribution in [1.29, 1.82) is 0 Å². The Labute approximate surface area is 87.1 Å². The van der Waals surface area contributed by atoms with E-state index >= 15 is 0 Å². The molecule has 4 nitrogen and oxygen atoms in total. The first-order valence-corrected chi connectivity index (χ1v) is 4.63. The number of hydrogen-bond donors (Lipinski definition) is 2. The third kappa shape index (κ3) is 2.22. The maximum absolute atomic E-state index is 10.8. The third-order valence-corrected chi connectivity index (χ3v) is 2.11. The van der Waals surface area contributed by atoms with Crippen LogP contribution in [-0.4, -0.2) is 15.9 Å². The molecule has 0 atom stereocenters. The van der Waals surface area contributed by atoms with E-state index in [-0.39, 0.29) is 0 Å². The zero-order valence-corrected chi connectivity index (χ0v) is 8.10. The van der Waals surface area contributed by atoms with E-state index in [1.165, 1.54) is 6.20 Å². The van der Waals surface area contributed by atoms with Crippen molar-refractivity contribution in [1.82, 2.24) is 9.97 Å². The lowest BCUT2D eigenvalue weighted by Gasteiger charge is -1.96. The summed E-state index contributed by atoms with van der Waals surface area (Å²) >= 11 is 0. The summed E-state index contributed by atoms with van der Waals surface area (Å²) in [6.45, 7) is 0. The molecule has 0 unspecified atom stereocenters. The van der Waals surface area contributed by atoms with Gasteiger partial charge in [-0.05, 0) is 5.56 Å². The number of aromatic amines is 1. The summed E-state index contributed by atoms with van der Waals surface area (Å²) in [6.07, 6.45) is 2.13. The molecular weight excluding hydrogens is 190 g/mol. The first-order chi connectivity index (χ1) is 7.25. The van der Waals surface area contributed by atoms with Gasteiger partial charge in [0.2, 0.25) is 0 Å². The number of aromatic nitrogens is 2. The molecule has 0 spiro atoms. The molecule has 0 saturated carbocycles. The number of primary amides is 1. The molecule has 0 aliphatic heterocycles. The van der Waals surface area contributed by atoms with Crippen molar-refractivity contribution in [3.05, 3.63) is 53.6 Å². The van der Waals surface area contributed by atoms with Crippen LogP contribution in [0.15, 0.2) is 36.5 Å². The van der Waals surface area contributed by atoms with Crippen LogP contribution >= 0.6 is 0 Å².